The third-order valence-electron chi connectivity index (χ3n) is 3.81. The Bertz CT molecular complexity index is 183. The van der Waals surface area contributed by atoms with Gasteiger partial charge in [0.2, 0.25) is 0 Å². The summed E-state index contributed by atoms with van der Waals surface area (Å²) in [5.41, 5.74) is 0. The standard InChI is InChI=1S/C12H23NOS/c1-15-12(6-3-7-12)10-13-8-5-11-4-2-9-14-11/h11,13H,2-10H2,1H3. The molecule has 2 rings (SSSR count). The first-order chi connectivity index (χ1) is 7.35. The SMILES string of the molecule is CSC1(CNCCC2CCCO2)CCC1. The quantitative estimate of drug-likeness (QED) is 0.707. The fourth-order valence-electron chi connectivity index (χ4n) is 2.48. The number of thioether (sulfide) groups is 1. The van der Waals surface area contributed by atoms with E-state index in [1.807, 2.05) is 11.8 Å². The number of rotatable bonds is 6. The molecule has 1 saturated heterocycles. The Morgan fingerprint density at radius 2 is 2.27 bits per heavy atom. The molecule has 2 fully saturated rings. The molecule has 0 aromatic rings. The van der Waals surface area contributed by atoms with Gasteiger partial charge in [-0.2, -0.15) is 11.8 Å². The van der Waals surface area contributed by atoms with Crippen molar-refractivity contribution in [1.29, 1.82) is 0 Å². The smallest absolute Gasteiger partial charge is 0.0588 e. The first-order valence-corrected chi connectivity index (χ1v) is 7.45. The van der Waals surface area contributed by atoms with Crippen LogP contribution in [-0.2, 0) is 4.74 Å². The Labute approximate surface area is 97.5 Å². The Kier molecular flexibility index (Phi) is 4.35. The van der Waals surface area contributed by atoms with Crippen LogP contribution in [0, 0.1) is 0 Å². The van der Waals surface area contributed by atoms with Crippen molar-refractivity contribution in [3.05, 3.63) is 0 Å². The van der Waals surface area contributed by atoms with Crippen molar-refractivity contribution >= 4 is 11.8 Å². The summed E-state index contributed by atoms with van der Waals surface area (Å²) in [5, 5.41) is 3.61. The van der Waals surface area contributed by atoms with Crippen molar-refractivity contribution in [2.45, 2.75) is 49.4 Å². The minimum absolute atomic E-state index is 0.545. The van der Waals surface area contributed by atoms with Crippen molar-refractivity contribution in [3.63, 3.8) is 0 Å². The molecule has 3 heteroatoms. The van der Waals surface area contributed by atoms with E-state index in [4.69, 9.17) is 4.74 Å². The van der Waals surface area contributed by atoms with Gasteiger partial charge in [-0.25, -0.2) is 0 Å². The highest BCUT2D eigenvalue weighted by Gasteiger charge is 2.35. The summed E-state index contributed by atoms with van der Waals surface area (Å²) in [6, 6.07) is 0. The molecule has 0 aromatic heterocycles. The molecular weight excluding hydrogens is 206 g/mol. The lowest BCUT2D eigenvalue weighted by Gasteiger charge is -2.40. The van der Waals surface area contributed by atoms with Gasteiger partial charge in [-0.15, -0.1) is 0 Å². The first-order valence-electron chi connectivity index (χ1n) is 6.22. The maximum Gasteiger partial charge on any atom is 0.0588 e. The number of nitrogens with one attached hydrogen (secondary N) is 1. The Balaban J connectivity index is 1.54. The van der Waals surface area contributed by atoms with E-state index in [9.17, 15) is 0 Å². The predicted octanol–water partition coefficient (Wildman–Crippen LogP) is 2.43. The van der Waals surface area contributed by atoms with Gasteiger partial charge in [0.1, 0.15) is 0 Å². The summed E-state index contributed by atoms with van der Waals surface area (Å²) in [4.78, 5) is 0. The largest absolute Gasteiger partial charge is 0.378 e. The molecule has 2 aliphatic rings. The lowest BCUT2D eigenvalue weighted by atomic mass is 9.84. The van der Waals surface area contributed by atoms with Gasteiger partial charge in [0, 0.05) is 17.9 Å². The van der Waals surface area contributed by atoms with Gasteiger partial charge in [-0.05, 0) is 44.9 Å². The summed E-state index contributed by atoms with van der Waals surface area (Å²) >= 11 is 2.05. The molecule has 15 heavy (non-hydrogen) atoms. The van der Waals surface area contributed by atoms with E-state index < -0.39 is 0 Å². The third-order valence-corrected chi connectivity index (χ3v) is 5.23. The molecule has 0 aromatic carbocycles. The van der Waals surface area contributed by atoms with Gasteiger partial charge in [0.15, 0.2) is 0 Å². The van der Waals surface area contributed by atoms with E-state index in [2.05, 4.69) is 11.6 Å². The molecule has 1 N–H and O–H groups in total. The average molecular weight is 229 g/mol. The van der Waals surface area contributed by atoms with Gasteiger partial charge >= 0.3 is 0 Å². The fraction of sp³-hybridized carbons (Fsp3) is 1.00. The zero-order valence-corrected chi connectivity index (χ0v) is 10.6. The van der Waals surface area contributed by atoms with Crippen molar-refractivity contribution in [1.82, 2.24) is 5.32 Å². The van der Waals surface area contributed by atoms with E-state index in [0.29, 0.717) is 10.9 Å². The number of hydrogen-bond acceptors (Lipinski definition) is 3. The van der Waals surface area contributed by atoms with Crippen LogP contribution in [0.4, 0.5) is 0 Å². The summed E-state index contributed by atoms with van der Waals surface area (Å²) < 4.78 is 6.19. The van der Waals surface area contributed by atoms with E-state index >= 15 is 0 Å². The molecule has 0 radical (unpaired) electrons. The van der Waals surface area contributed by atoms with Crippen molar-refractivity contribution < 1.29 is 4.74 Å². The van der Waals surface area contributed by atoms with Gasteiger partial charge in [-0.1, -0.05) is 6.42 Å². The second kappa shape index (κ2) is 5.55. The van der Waals surface area contributed by atoms with Gasteiger partial charge < -0.3 is 10.1 Å². The predicted molar refractivity (Wildman–Crippen MR) is 66.6 cm³/mol. The maximum absolute atomic E-state index is 5.61. The minimum atomic E-state index is 0.545. The Morgan fingerprint density at radius 1 is 1.40 bits per heavy atom. The zero-order chi connectivity index (χ0) is 10.6. The van der Waals surface area contributed by atoms with Crippen LogP contribution in [0.5, 0.6) is 0 Å². The summed E-state index contributed by atoms with van der Waals surface area (Å²) in [6.07, 6.45) is 10.8. The number of ether oxygens (including phenoxy) is 1. The lowest BCUT2D eigenvalue weighted by Crippen LogP contribution is -2.43. The highest BCUT2D eigenvalue weighted by Crippen LogP contribution is 2.42. The lowest BCUT2D eigenvalue weighted by molar-refractivity contribution is 0.104. The highest BCUT2D eigenvalue weighted by atomic mass is 32.2. The van der Waals surface area contributed by atoms with Crippen LogP contribution in [0.2, 0.25) is 0 Å². The number of hydrogen-bond donors (Lipinski definition) is 1. The Hall–Kier alpha value is 0.270. The van der Waals surface area contributed by atoms with Crippen LogP contribution < -0.4 is 5.32 Å². The van der Waals surface area contributed by atoms with Gasteiger partial charge in [0.25, 0.3) is 0 Å². The van der Waals surface area contributed by atoms with E-state index in [1.165, 1.54) is 45.1 Å². The van der Waals surface area contributed by atoms with Crippen molar-refractivity contribution in [2.24, 2.45) is 0 Å². The van der Waals surface area contributed by atoms with Crippen LogP contribution in [0.25, 0.3) is 0 Å². The molecule has 1 atom stereocenters. The van der Waals surface area contributed by atoms with E-state index in [-0.39, 0.29) is 0 Å². The van der Waals surface area contributed by atoms with Crippen LogP contribution in [-0.4, -0.2) is 36.8 Å². The Morgan fingerprint density at radius 3 is 2.80 bits per heavy atom. The second-order valence-electron chi connectivity index (χ2n) is 4.84. The average Bonchev–Trinajstić information content (AvgIpc) is 2.68. The maximum atomic E-state index is 5.61. The van der Waals surface area contributed by atoms with Crippen molar-refractivity contribution in [2.75, 3.05) is 26.0 Å². The molecule has 1 aliphatic heterocycles. The second-order valence-corrected chi connectivity index (χ2v) is 6.12. The molecule has 1 heterocycles. The van der Waals surface area contributed by atoms with Crippen LogP contribution in [0.1, 0.15) is 38.5 Å². The first kappa shape index (κ1) is 11.7. The molecule has 0 amide bonds. The topological polar surface area (TPSA) is 21.3 Å². The van der Waals surface area contributed by atoms with Gasteiger partial charge in [0.05, 0.1) is 6.10 Å². The van der Waals surface area contributed by atoms with Crippen LogP contribution in [0.15, 0.2) is 0 Å². The van der Waals surface area contributed by atoms with Gasteiger partial charge in [-0.3, -0.25) is 0 Å². The molecule has 0 bridgehead atoms. The van der Waals surface area contributed by atoms with Crippen molar-refractivity contribution in [3.8, 4) is 0 Å². The molecule has 2 nitrogen and oxygen atoms in total. The normalized spacial score (nSPS) is 29.0. The molecule has 1 saturated carbocycles. The molecule has 1 aliphatic carbocycles. The van der Waals surface area contributed by atoms with E-state index in [1.54, 1.807) is 0 Å². The van der Waals surface area contributed by atoms with E-state index in [0.717, 1.165) is 13.2 Å². The molecule has 0 spiro atoms. The summed E-state index contributed by atoms with van der Waals surface area (Å²) in [5.74, 6) is 0. The van der Waals surface area contributed by atoms with Crippen LogP contribution >= 0.6 is 11.8 Å². The molecular formula is C12H23NOS. The monoisotopic (exact) mass is 229 g/mol. The van der Waals surface area contributed by atoms with Crippen LogP contribution in [0.3, 0.4) is 0 Å². The summed E-state index contributed by atoms with van der Waals surface area (Å²) in [6.45, 7) is 3.31. The highest BCUT2D eigenvalue weighted by molar-refractivity contribution is 8.00. The zero-order valence-electron chi connectivity index (χ0n) is 9.76. The summed E-state index contributed by atoms with van der Waals surface area (Å²) in [7, 11) is 0. The third kappa shape index (κ3) is 3.11. The molecule has 1 unspecified atom stereocenters. The molecule has 88 valence electrons. The minimum Gasteiger partial charge on any atom is -0.378 e. The fourth-order valence-corrected chi connectivity index (χ4v) is 3.42.